The second-order valence-corrected chi connectivity index (χ2v) is 5.58. The molecular weight excluding hydrogens is 262 g/mol. The number of benzene rings is 1. The third-order valence-electron chi connectivity index (χ3n) is 4.13. The standard InChI is InChI=1S/C18H25NO2/c1-4-13(2)17(14-8-6-5-7-9-14)18(19)16-11-10-15(21-16)12-20-3/h5-11,13,17-18H,4,12,19H2,1-3H3. The van der Waals surface area contributed by atoms with Crippen molar-refractivity contribution in [2.75, 3.05) is 7.11 Å². The predicted molar refractivity (Wildman–Crippen MR) is 85.0 cm³/mol. The Morgan fingerprint density at radius 3 is 2.48 bits per heavy atom. The lowest BCUT2D eigenvalue weighted by Crippen LogP contribution is -2.24. The maximum atomic E-state index is 6.52. The van der Waals surface area contributed by atoms with Crippen LogP contribution in [0.4, 0.5) is 0 Å². The third-order valence-corrected chi connectivity index (χ3v) is 4.13. The highest BCUT2D eigenvalue weighted by atomic mass is 16.5. The van der Waals surface area contributed by atoms with Crippen LogP contribution in [-0.2, 0) is 11.3 Å². The lowest BCUT2D eigenvalue weighted by atomic mass is 9.79. The Kier molecular flexibility index (Phi) is 5.59. The van der Waals surface area contributed by atoms with E-state index in [1.165, 1.54) is 5.56 Å². The molecule has 1 aromatic carbocycles. The summed E-state index contributed by atoms with van der Waals surface area (Å²) in [5.74, 6) is 2.38. The van der Waals surface area contributed by atoms with Crippen molar-refractivity contribution in [1.82, 2.24) is 0 Å². The van der Waals surface area contributed by atoms with Gasteiger partial charge in [0.25, 0.3) is 0 Å². The van der Waals surface area contributed by atoms with Crippen molar-refractivity contribution < 1.29 is 9.15 Å². The van der Waals surface area contributed by atoms with Gasteiger partial charge in [-0.3, -0.25) is 0 Å². The Balaban J connectivity index is 2.27. The lowest BCUT2D eigenvalue weighted by molar-refractivity contribution is 0.161. The van der Waals surface area contributed by atoms with Crippen LogP contribution in [0.2, 0.25) is 0 Å². The van der Waals surface area contributed by atoms with Crippen molar-refractivity contribution in [3.8, 4) is 0 Å². The Hall–Kier alpha value is -1.58. The van der Waals surface area contributed by atoms with E-state index in [1.807, 2.05) is 18.2 Å². The fourth-order valence-electron chi connectivity index (χ4n) is 2.79. The fraction of sp³-hybridized carbons (Fsp3) is 0.444. The van der Waals surface area contributed by atoms with E-state index in [1.54, 1.807) is 7.11 Å². The van der Waals surface area contributed by atoms with Crippen molar-refractivity contribution in [2.24, 2.45) is 11.7 Å². The van der Waals surface area contributed by atoms with Crippen LogP contribution in [0.1, 0.15) is 49.3 Å². The van der Waals surface area contributed by atoms with Crippen molar-refractivity contribution >= 4 is 0 Å². The molecule has 2 N–H and O–H groups in total. The summed E-state index contributed by atoms with van der Waals surface area (Å²) in [5, 5.41) is 0. The van der Waals surface area contributed by atoms with Crippen LogP contribution < -0.4 is 5.73 Å². The first-order chi connectivity index (χ1) is 10.2. The van der Waals surface area contributed by atoms with Crippen molar-refractivity contribution in [3.05, 3.63) is 59.5 Å². The van der Waals surface area contributed by atoms with E-state index in [9.17, 15) is 0 Å². The van der Waals surface area contributed by atoms with Gasteiger partial charge in [0.2, 0.25) is 0 Å². The molecule has 0 amide bonds. The van der Waals surface area contributed by atoms with Gasteiger partial charge in [-0.15, -0.1) is 0 Å². The maximum absolute atomic E-state index is 6.52. The minimum atomic E-state index is -0.145. The first-order valence-corrected chi connectivity index (χ1v) is 7.55. The number of furan rings is 1. The van der Waals surface area contributed by atoms with Gasteiger partial charge in [-0.05, 0) is 23.6 Å². The summed E-state index contributed by atoms with van der Waals surface area (Å²) >= 11 is 0. The number of hydrogen-bond donors (Lipinski definition) is 1. The van der Waals surface area contributed by atoms with Crippen LogP contribution in [0.3, 0.4) is 0 Å². The molecule has 0 fully saturated rings. The van der Waals surface area contributed by atoms with Crippen LogP contribution in [-0.4, -0.2) is 7.11 Å². The van der Waals surface area contributed by atoms with Crippen LogP contribution in [0.15, 0.2) is 46.9 Å². The van der Waals surface area contributed by atoms with Crippen molar-refractivity contribution in [2.45, 2.75) is 38.8 Å². The third kappa shape index (κ3) is 3.74. The fourth-order valence-corrected chi connectivity index (χ4v) is 2.79. The Bertz CT molecular complexity index is 535. The minimum absolute atomic E-state index is 0.145. The minimum Gasteiger partial charge on any atom is -0.462 e. The molecule has 3 nitrogen and oxygen atoms in total. The van der Waals surface area contributed by atoms with Crippen LogP contribution in [0, 0.1) is 5.92 Å². The van der Waals surface area contributed by atoms with E-state index in [4.69, 9.17) is 14.9 Å². The van der Waals surface area contributed by atoms with Gasteiger partial charge in [-0.25, -0.2) is 0 Å². The van der Waals surface area contributed by atoms with E-state index < -0.39 is 0 Å². The number of methoxy groups -OCH3 is 1. The molecule has 0 saturated heterocycles. The van der Waals surface area contributed by atoms with Crippen LogP contribution in [0.25, 0.3) is 0 Å². The van der Waals surface area contributed by atoms with E-state index in [0.29, 0.717) is 12.5 Å². The molecule has 0 aliphatic heterocycles. The zero-order valence-electron chi connectivity index (χ0n) is 13.1. The SMILES string of the molecule is CCC(C)C(c1ccccc1)C(N)c1ccc(COC)o1. The molecule has 0 aliphatic rings. The zero-order chi connectivity index (χ0) is 15.2. The monoisotopic (exact) mass is 287 g/mol. The molecule has 0 saturated carbocycles. The summed E-state index contributed by atoms with van der Waals surface area (Å²) in [5.41, 5.74) is 7.79. The highest BCUT2D eigenvalue weighted by molar-refractivity contribution is 5.25. The summed E-state index contributed by atoms with van der Waals surface area (Å²) < 4.78 is 10.9. The molecule has 0 spiro atoms. The average molecular weight is 287 g/mol. The van der Waals surface area contributed by atoms with E-state index >= 15 is 0 Å². The highest BCUT2D eigenvalue weighted by Crippen LogP contribution is 2.37. The average Bonchev–Trinajstić information content (AvgIpc) is 2.97. The summed E-state index contributed by atoms with van der Waals surface area (Å²) in [6.07, 6.45) is 1.08. The summed E-state index contributed by atoms with van der Waals surface area (Å²) in [7, 11) is 1.66. The Morgan fingerprint density at radius 1 is 1.14 bits per heavy atom. The normalized spacial score (nSPS) is 15.6. The lowest BCUT2D eigenvalue weighted by Gasteiger charge is -2.28. The molecule has 2 rings (SSSR count). The summed E-state index contributed by atoms with van der Waals surface area (Å²) in [6.45, 7) is 4.93. The van der Waals surface area contributed by atoms with Gasteiger partial charge in [0.05, 0.1) is 6.04 Å². The summed E-state index contributed by atoms with van der Waals surface area (Å²) in [4.78, 5) is 0. The summed E-state index contributed by atoms with van der Waals surface area (Å²) in [6, 6.07) is 14.2. The van der Waals surface area contributed by atoms with Gasteiger partial charge in [0.15, 0.2) is 0 Å². The molecule has 3 heteroatoms. The Labute approximate surface area is 127 Å². The van der Waals surface area contributed by atoms with Crippen LogP contribution in [0.5, 0.6) is 0 Å². The zero-order valence-corrected chi connectivity index (χ0v) is 13.1. The van der Waals surface area contributed by atoms with Gasteiger partial charge >= 0.3 is 0 Å². The van der Waals surface area contributed by atoms with Gasteiger partial charge in [-0.2, -0.15) is 0 Å². The van der Waals surface area contributed by atoms with E-state index in [0.717, 1.165) is 17.9 Å². The maximum Gasteiger partial charge on any atom is 0.129 e. The van der Waals surface area contributed by atoms with E-state index in [-0.39, 0.29) is 12.0 Å². The van der Waals surface area contributed by atoms with Crippen molar-refractivity contribution in [1.29, 1.82) is 0 Å². The molecule has 2 aromatic rings. The van der Waals surface area contributed by atoms with E-state index in [2.05, 4.69) is 38.1 Å². The largest absolute Gasteiger partial charge is 0.462 e. The molecule has 1 aromatic heterocycles. The quantitative estimate of drug-likeness (QED) is 0.828. The number of ether oxygens (including phenoxy) is 1. The molecule has 0 radical (unpaired) electrons. The van der Waals surface area contributed by atoms with Gasteiger partial charge in [0, 0.05) is 13.0 Å². The van der Waals surface area contributed by atoms with Gasteiger partial charge in [0.1, 0.15) is 18.1 Å². The molecule has 114 valence electrons. The van der Waals surface area contributed by atoms with Gasteiger partial charge in [-0.1, -0.05) is 50.6 Å². The smallest absolute Gasteiger partial charge is 0.129 e. The van der Waals surface area contributed by atoms with Crippen molar-refractivity contribution in [3.63, 3.8) is 0 Å². The number of nitrogens with two attached hydrogens (primary N) is 1. The topological polar surface area (TPSA) is 48.4 Å². The first-order valence-electron chi connectivity index (χ1n) is 7.55. The highest BCUT2D eigenvalue weighted by Gasteiger charge is 2.28. The first kappa shape index (κ1) is 15.8. The Morgan fingerprint density at radius 2 is 1.86 bits per heavy atom. The number of rotatable bonds is 7. The number of hydrogen-bond acceptors (Lipinski definition) is 3. The molecule has 3 atom stereocenters. The molecule has 0 aliphatic carbocycles. The molecule has 1 heterocycles. The second kappa shape index (κ2) is 7.43. The second-order valence-electron chi connectivity index (χ2n) is 5.58. The van der Waals surface area contributed by atoms with Gasteiger partial charge < -0.3 is 14.9 Å². The molecule has 3 unspecified atom stereocenters. The molecular formula is C18H25NO2. The molecule has 21 heavy (non-hydrogen) atoms. The molecule has 0 bridgehead atoms. The van der Waals surface area contributed by atoms with Crippen LogP contribution >= 0.6 is 0 Å². The predicted octanol–water partition coefficient (Wildman–Crippen LogP) is 4.26.